The maximum Gasteiger partial charge on any atom is 0.233 e. The van der Waals surface area contributed by atoms with E-state index in [-0.39, 0.29) is 5.91 Å². The first-order valence-electron chi connectivity index (χ1n) is 4.27. The Kier molecular flexibility index (Phi) is 8.71. The van der Waals surface area contributed by atoms with Crippen LogP contribution in [-0.4, -0.2) is 37.6 Å². The third-order valence-electron chi connectivity index (χ3n) is 1.38. The van der Waals surface area contributed by atoms with Crippen LogP contribution in [0.4, 0.5) is 0 Å². The molecule has 72 valence electrons. The first-order chi connectivity index (χ1) is 5.81. The van der Waals surface area contributed by atoms with Crippen molar-refractivity contribution in [1.29, 1.82) is 0 Å². The lowest BCUT2D eigenvalue weighted by Crippen LogP contribution is -2.34. The Morgan fingerprint density at radius 1 is 1.50 bits per heavy atom. The van der Waals surface area contributed by atoms with Gasteiger partial charge in [0, 0.05) is 6.54 Å². The lowest BCUT2D eigenvalue weighted by atomic mass is 10.4. The van der Waals surface area contributed by atoms with Gasteiger partial charge >= 0.3 is 0 Å². The lowest BCUT2D eigenvalue weighted by Gasteiger charge is -2.03. The van der Waals surface area contributed by atoms with E-state index in [1.54, 1.807) is 11.8 Å². The summed E-state index contributed by atoms with van der Waals surface area (Å²) >= 11 is 1.80. The topological polar surface area (TPSA) is 41.1 Å². The Hall–Kier alpha value is -0.220. The van der Waals surface area contributed by atoms with E-state index < -0.39 is 0 Å². The minimum absolute atomic E-state index is 0.0953. The second-order valence-electron chi connectivity index (χ2n) is 2.48. The van der Waals surface area contributed by atoms with Crippen LogP contribution in [0.5, 0.6) is 0 Å². The van der Waals surface area contributed by atoms with E-state index in [9.17, 15) is 4.79 Å². The van der Waals surface area contributed by atoms with E-state index in [0.717, 1.165) is 25.3 Å². The quantitative estimate of drug-likeness (QED) is 0.573. The Balaban J connectivity index is 3.08. The van der Waals surface area contributed by atoms with Gasteiger partial charge in [-0.15, -0.1) is 0 Å². The summed E-state index contributed by atoms with van der Waals surface area (Å²) in [4.78, 5) is 11.0. The number of amides is 1. The van der Waals surface area contributed by atoms with E-state index in [4.69, 9.17) is 0 Å². The van der Waals surface area contributed by atoms with Crippen LogP contribution in [0.25, 0.3) is 0 Å². The maximum absolute atomic E-state index is 11.0. The molecule has 0 heterocycles. The van der Waals surface area contributed by atoms with Crippen molar-refractivity contribution in [3.05, 3.63) is 0 Å². The molecular formula is C8H18N2OS. The first-order valence-corrected chi connectivity index (χ1v) is 5.67. The fraction of sp³-hybridized carbons (Fsp3) is 0.875. The molecule has 0 saturated carbocycles. The number of likely N-dealkylation sites (N-methyl/N-ethyl adjacent to an activating group) is 1. The van der Waals surface area contributed by atoms with Crippen LogP contribution in [0, 0.1) is 0 Å². The molecule has 3 nitrogen and oxygen atoms in total. The summed E-state index contributed by atoms with van der Waals surface area (Å²) in [6.45, 7) is 4.07. The molecule has 0 aliphatic rings. The van der Waals surface area contributed by atoms with Crippen molar-refractivity contribution in [3.8, 4) is 0 Å². The van der Waals surface area contributed by atoms with Crippen LogP contribution < -0.4 is 10.6 Å². The highest BCUT2D eigenvalue weighted by atomic mass is 32.2. The maximum atomic E-state index is 11.0. The molecular weight excluding hydrogens is 172 g/mol. The third kappa shape index (κ3) is 7.88. The minimum Gasteiger partial charge on any atom is -0.355 e. The van der Waals surface area contributed by atoms with E-state index in [2.05, 4.69) is 16.9 Å². The molecule has 0 spiro atoms. The molecule has 0 fully saturated rings. The molecule has 0 unspecified atom stereocenters. The number of nitrogens with one attached hydrogen (secondary N) is 2. The molecule has 12 heavy (non-hydrogen) atoms. The van der Waals surface area contributed by atoms with E-state index in [1.807, 2.05) is 6.92 Å². The molecule has 0 radical (unpaired) electrons. The number of carbonyl (C=O) groups excluding carboxylic acids is 1. The third-order valence-corrected chi connectivity index (χ3v) is 2.08. The fourth-order valence-corrected chi connectivity index (χ4v) is 1.18. The Labute approximate surface area is 78.7 Å². The number of hydrogen-bond donors (Lipinski definition) is 2. The highest BCUT2D eigenvalue weighted by Crippen LogP contribution is 1.92. The molecule has 0 rings (SSSR count). The summed E-state index contributed by atoms with van der Waals surface area (Å²) in [6, 6.07) is 0. The van der Waals surface area contributed by atoms with Crippen LogP contribution in [0.15, 0.2) is 0 Å². The Bertz CT molecular complexity index is 120. The number of rotatable bonds is 7. The van der Waals surface area contributed by atoms with Gasteiger partial charge in [-0.3, -0.25) is 4.79 Å². The normalized spacial score (nSPS) is 9.83. The Morgan fingerprint density at radius 2 is 2.25 bits per heavy atom. The zero-order chi connectivity index (χ0) is 9.23. The smallest absolute Gasteiger partial charge is 0.233 e. The molecule has 1 amide bonds. The number of thioether (sulfide) groups is 1. The molecule has 0 saturated heterocycles. The summed E-state index contributed by atoms with van der Waals surface area (Å²) in [5.41, 5.74) is 0. The monoisotopic (exact) mass is 190 g/mol. The summed E-state index contributed by atoms with van der Waals surface area (Å²) in [5, 5.41) is 5.81. The zero-order valence-corrected chi connectivity index (χ0v) is 8.67. The minimum atomic E-state index is 0.0953. The van der Waals surface area contributed by atoms with Crippen molar-refractivity contribution in [2.45, 2.75) is 13.3 Å². The van der Waals surface area contributed by atoms with Gasteiger partial charge in [-0.1, -0.05) is 6.92 Å². The van der Waals surface area contributed by atoms with Crippen molar-refractivity contribution < 1.29 is 4.79 Å². The van der Waals surface area contributed by atoms with Crippen LogP contribution in [0.2, 0.25) is 0 Å². The first kappa shape index (κ1) is 11.8. The molecule has 0 aromatic rings. The highest BCUT2D eigenvalue weighted by molar-refractivity contribution is 7.98. The van der Waals surface area contributed by atoms with Crippen molar-refractivity contribution in [1.82, 2.24) is 10.6 Å². The average molecular weight is 190 g/mol. The standard InChI is InChI=1S/C8H18N2OS/c1-3-9-7-8(11)10-5-4-6-12-2/h9H,3-7H2,1-2H3,(H,10,11). The molecule has 2 N–H and O–H groups in total. The van der Waals surface area contributed by atoms with Crippen LogP contribution >= 0.6 is 11.8 Å². The molecule has 4 heteroatoms. The molecule has 0 bridgehead atoms. The summed E-state index contributed by atoms with van der Waals surface area (Å²) in [7, 11) is 0. The van der Waals surface area contributed by atoms with Crippen LogP contribution in [-0.2, 0) is 4.79 Å². The second-order valence-corrected chi connectivity index (χ2v) is 3.46. The van der Waals surface area contributed by atoms with Gasteiger partial charge in [0.25, 0.3) is 0 Å². The molecule has 0 aliphatic carbocycles. The van der Waals surface area contributed by atoms with E-state index in [0.29, 0.717) is 6.54 Å². The predicted octanol–water partition coefficient (Wildman–Crippen LogP) is 0.465. The summed E-state index contributed by atoms with van der Waals surface area (Å²) < 4.78 is 0. The second kappa shape index (κ2) is 8.87. The van der Waals surface area contributed by atoms with Gasteiger partial charge in [0.05, 0.1) is 6.54 Å². The summed E-state index contributed by atoms with van der Waals surface area (Å²) in [6.07, 6.45) is 3.12. The van der Waals surface area contributed by atoms with Crippen LogP contribution in [0.3, 0.4) is 0 Å². The zero-order valence-electron chi connectivity index (χ0n) is 7.85. The molecule has 0 aliphatic heterocycles. The fourth-order valence-electron chi connectivity index (χ4n) is 0.745. The van der Waals surface area contributed by atoms with Gasteiger partial charge < -0.3 is 10.6 Å². The van der Waals surface area contributed by atoms with Crippen molar-refractivity contribution in [3.63, 3.8) is 0 Å². The van der Waals surface area contributed by atoms with E-state index >= 15 is 0 Å². The number of hydrogen-bond acceptors (Lipinski definition) is 3. The molecule has 0 aromatic heterocycles. The van der Waals surface area contributed by atoms with Gasteiger partial charge in [0.2, 0.25) is 5.91 Å². The molecule has 0 aromatic carbocycles. The number of carbonyl (C=O) groups is 1. The van der Waals surface area contributed by atoms with Gasteiger partial charge in [0.15, 0.2) is 0 Å². The SMILES string of the molecule is CCNCC(=O)NCCCSC. The van der Waals surface area contributed by atoms with Crippen molar-refractivity contribution in [2.75, 3.05) is 31.6 Å². The van der Waals surface area contributed by atoms with Gasteiger partial charge in [0.1, 0.15) is 0 Å². The van der Waals surface area contributed by atoms with Crippen molar-refractivity contribution in [2.24, 2.45) is 0 Å². The Morgan fingerprint density at radius 3 is 2.83 bits per heavy atom. The van der Waals surface area contributed by atoms with E-state index in [1.165, 1.54) is 0 Å². The van der Waals surface area contributed by atoms with Gasteiger partial charge in [-0.25, -0.2) is 0 Å². The largest absolute Gasteiger partial charge is 0.355 e. The van der Waals surface area contributed by atoms with Crippen LogP contribution in [0.1, 0.15) is 13.3 Å². The summed E-state index contributed by atoms with van der Waals surface area (Å²) in [5.74, 6) is 1.21. The average Bonchev–Trinajstić information content (AvgIpc) is 2.09. The molecule has 0 atom stereocenters. The highest BCUT2D eigenvalue weighted by Gasteiger charge is 1.96. The van der Waals surface area contributed by atoms with Gasteiger partial charge in [-0.05, 0) is 25.0 Å². The lowest BCUT2D eigenvalue weighted by molar-refractivity contribution is -0.120. The predicted molar refractivity (Wildman–Crippen MR) is 54.6 cm³/mol. The van der Waals surface area contributed by atoms with Gasteiger partial charge in [-0.2, -0.15) is 11.8 Å². The van der Waals surface area contributed by atoms with Crippen molar-refractivity contribution >= 4 is 17.7 Å².